The van der Waals surface area contributed by atoms with Crippen LogP contribution in [0.15, 0.2) is 41.3 Å². The molecular weight excluding hydrogens is 451 g/mol. The number of hydrogen-bond acceptors (Lipinski definition) is 4. The van der Waals surface area contributed by atoms with Gasteiger partial charge in [-0.15, -0.1) is 0 Å². The maximum absolute atomic E-state index is 13.2. The molecule has 3 heterocycles. The average molecular weight is 468 g/mol. The highest BCUT2D eigenvalue weighted by atomic mass is 35.5. The van der Waals surface area contributed by atoms with Crippen molar-refractivity contribution < 1.29 is 13.5 Å². The smallest absolute Gasteiger partial charge is 0.328 e. The highest BCUT2D eigenvalue weighted by molar-refractivity contribution is 6.31. The minimum Gasteiger partial charge on any atom is -0.497 e. The highest BCUT2D eigenvalue weighted by Crippen LogP contribution is 2.25. The summed E-state index contributed by atoms with van der Waals surface area (Å²) in [4.78, 5) is 24.3. The Bertz CT molecular complexity index is 1300. The number of benzene rings is 1. The number of halogens is 4. The Hall–Kier alpha value is -2.91. The topological polar surface area (TPSA) is 77.7 Å². The van der Waals surface area contributed by atoms with Crippen LogP contribution in [-0.2, 0) is 19.5 Å². The van der Waals surface area contributed by atoms with Crippen molar-refractivity contribution in [2.75, 3.05) is 7.11 Å². The normalized spacial score (nSPS) is 11.5. The van der Waals surface area contributed by atoms with E-state index in [0.717, 1.165) is 4.57 Å². The van der Waals surface area contributed by atoms with Crippen molar-refractivity contribution in [3.8, 4) is 5.75 Å². The fourth-order valence-corrected chi connectivity index (χ4v) is 3.70. The molecule has 31 heavy (non-hydrogen) atoms. The molecule has 0 bridgehead atoms. The first kappa shape index (κ1) is 21.3. The molecule has 4 rings (SSSR count). The van der Waals surface area contributed by atoms with E-state index in [4.69, 9.17) is 27.9 Å². The second-order valence-electron chi connectivity index (χ2n) is 6.86. The number of imidazole rings is 2. The summed E-state index contributed by atoms with van der Waals surface area (Å²) in [6.45, 7) is -0.654. The molecule has 0 aliphatic carbocycles. The Balaban J connectivity index is 1.68. The van der Waals surface area contributed by atoms with Crippen LogP contribution in [0.4, 0.5) is 8.78 Å². The van der Waals surface area contributed by atoms with E-state index in [1.807, 2.05) is 0 Å². The summed E-state index contributed by atoms with van der Waals surface area (Å²) in [5.41, 5.74) is 1.60. The predicted molar refractivity (Wildman–Crippen MR) is 114 cm³/mol. The van der Waals surface area contributed by atoms with E-state index in [1.54, 1.807) is 36.5 Å². The monoisotopic (exact) mass is 467 g/mol. The maximum atomic E-state index is 13.2. The molecule has 0 aliphatic heterocycles. The number of methoxy groups -OCH3 is 1. The van der Waals surface area contributed by atoms with Gasteiger partial charge in [0, 0.05) is 23.3 Å². The van der Waals surface area contributed by atoms with E-state index in [9.17, 15) is 13.6 Å². The van der Waals surface area contributed by atoms with Crippen molar-refractivity contribution >= 4 is 34.4 Å². The van der Waals surface area contributed by atoms with Gasteiger partial charge in [-0.05, 0) is 29.8 Å². The summed E-state index contributed by atoms with van der Waals surface area (Å²) >= 11 is 12.2. The molecule has 4 aromatic rings. The molecule has 0 aliphatic rings. The second-order valence-corrected chi connectivity index (χ2v) is 7.65. The lowest BCUT2D eigenvalue weighted by atomic mass is 10.1. The lowest BCUT2D eigenvalue weighted by Crippen LogP contribution is -2.28. The molecule has 0 fully saturated rings. The zero-order valence-corrected chi connectivity index (χ0v) is 17.8. The second kappa shape index (κ2) is 8.68. The molecule has 1 aromatic carbocycles. The van der Waals surface area contributed by atoms with Crippen LogP contribution in [0.3, 0.4) is 0 Å². The number of H-pyrrole nitrogens is 1. The molecule has 0 unspecified atom stereocenters. The molecule has 162 valence electrons. The Morgan fingerprint density at radius 1 is 1.19 bits per heavy atom. The molecule has 11 heteroatoms. The average Bonchev–Trinajstić information content (AvgIpc) is 3.24. The van der Waals surface area contributed by atoms with Gasteiger partial charge in [-0.25, -0.2) is 23.5 Å². The number of alkyl halides is 2. The van der Waals surface area contributed by atoms with Crippen LogP contribution >= 0.6 is 23.2 Å². The van der Waals surface area contributed by atoms with Gasteiger partial charge in [0.25, 0.3) is 6.43 Å². The van der Waals surface area contributed by atoms with Crippen molar-refractivity contribution in [3.63, 3.8) is 0 Å². The zero-order valence-electron chi connectivity index (χ0n) is 16.3. The molecule has 0 spiro atoms. The van der Waals surface area contributed by atoms with Gasteiger partial charge in [-0.3, -0.25) is 9.13 Å². The lowest BCUT2D eigenvalue weighted by Gasteiger charge is -2.09. The van der Waals surface area contributed by atoms with Crippen LogP contribution in [0.25, 0.3) is 11.2 Å². The molecule has 0 saturated heterocycles. The maximum Gasteiger partial charge on any atom is 0.328 e. The third-order valence-corrected chi connectivity index (χ3v) is 5.32. The summed E-state index contributed by atoms with van der Waals surface area (Å²) in [5, 5.41) is 0.716. The first-order chi connectivity index (χ1) is 14.8. The number of aromatic nitrogens is 5. The van der Waals surface area contributed by atoms with Crippen LogP contribution in [0.5, 0.6) is 5.75 Å². The van der Waals surface area contributed by atoms with Gasteiger partial charge in [0.1, 0.15) is 16.7 Å². The van der Waals surface area contributed by atoms with Crippen LogP contribution < -0.4 is 10.4 Å². The molecular formula is C20H17Cl2F2N5O2. The van der Waals surface area contributed by atoms with Gasteiger partial charge in [0.2, 0.25) is 0 Å². The van der Waals surface area contributed by atoms with E-state index in [1.165, 1.54) is 11.7 Å². The zero-order chi connectivity index (χ0) is 22.1. The number of aromatic amines is 1. The number of nitrogens with zero attached hydrogens (tertiary/aromatic N) is 4. The SMILES string of the molecule is COc1ccc(Cc2cn(Cc3nc4nc(Cl)ccc4[nH]3)c(=O)n2CC(F)F)c(Cl)c1. The van der Waals surface area contributed by atoms with Crippen LogP contribution in [0.2, 0.25) is 10.2 Å². The van der Waals surface area contributed by atoms with Crippen LogP contribution in [-0.4, -0.2) is 37.6 Å². The molecule has 0 radical (unpaired) electrons. The molecule has 1 N–H and O–H groups in total. The van der Waals surface area contributed by atoms with Gasteiger partial charge in [-0.1, -0.05) is 29.3 Å². The van der Waals surface area contributed by atoms with E-state index >= 15 is 0 Å². The number of nitrogens with one attached hydrogen (secondary N) is 1. The Labute approximate surface area is 185 Å². The molecule has 3 aromatic heterocycles. The van der Waals surface area contributed by atoms with Gasteiger partial charge in [-0.2, -0.15) is 0 Å². The number of fused-ring (bicyclic) bond motifs is 1. The summed E-state index contributed by atoms with van der Waals surface area (Å²) in [6, 6.07) is 8.44. The number of pyridine rings is 1. The van der Waals surface area contributed by atoms with Gasteiger partial charge in [0.05, 0.1) is 25.7 Å². The first-order valence-electron chi connectivity index (χ1n) is 9.24. The standard InChI is InChI=1S/C20H17Cl2F2N5O2/c1-31-13-3-2-11(14(21)7-13)6-12-8-28(20(30)29(12)9-17(23)24)10-18-25-15-4-5-16(22)26-19(15)27-18/h2-5,7-8,17H,6,9-10H2,1H3,(H,25,26,27). The van der Waals surface area contributed by atoms with Crippen molar-refractivity contribution in [2.45, 2.75) is 25.9 Å². The fraction of sp³-hybridized carbons (Fsp3) is 0.250. The lowest BCUT2D eigenvalue weighted by molar-refractivity contribution is 0.124. The number of rotatable bonds is 7. The Kier molecular flexibility index (Phi) is 5.97. The molecule has 0 amide bonds. The molecule has 0 saturated carbocycles. The van der Waals surface area contributed by atoms with E-state index < -0.39 is 18.7 Å². The van der Waals surface area contributed by atoms with Gasteiger partial charge in [0.15, 0.2) is 5.65 Å². The number of ether oxygens (including phenoxy) is 1. The third kappa shape index (κ3) is 4.57. The highest BCUT2D eigenvalue weighted by Gasteiger charge is 2.18. The minimum absolute atomic E-state index is 0.0619. The fourth-order valence-electron chi connectivity index (χ4n) is 3.32. The van der Waals surface area contributed by atoms with Crippen LogP contribution in [0.1, 0.15) is 17.1 Å². The van der Waals surface area contributed by atoms with Crippen molar-refractivity contribution in [1.29, 1.82) is 0 Å². The van der Waals surface area contributed by atoms with E-state index in [0.29, 0.717) is 44.2 Å². The van der Waals surface area contributed by atoms with Crippen molar-refractivity contribution in [3.05, 3.63) is 74.3 Å². The van der Waals surface area contributed by atoms with Crippen LogP contribution in [0, 0.1) is 0 Å². The molecule has 7 nitrogen and oxygen atoms in total. The van der Waals surface area contributed by atoms with Gasteiger partial charge < -0.3 is 9.72 Å². The summed E-state index contributed by atoms with van der Waals surface area (Å²) in [7, 11) is 1.52. The quantitative estimate of drug-likeness (QED) is 0.414. The first-order valence-corrected chi connectivity index (χ1v) is 10.00. The Morgan fingerprint density at radius 3 is 2.71 bits per heavy atom. The largest absolute Gasteiger partial charge is 0.497 e. The summed E-state index contributed by atoms with van der Waals surface area (Å²) in [5.74, 6) is 1.03. The van der Waals surface area contributed by atoms with Crippen molar-refractivity contribution in [2.24, 2.45) is 0 Å². The predicted octanol–water partition coefficient (Wildman–Crippen LogP) is 4.14. The van der Waals surface area contributed by atoms with Gasteiger partial charge >= 0.3 is 5.69 Å². The van der Waals surface area contributed by atoms with E-state index in [2.05, 4.69) is 15.0 Å². The summed E-state index contributed by atoms with van der Waals surface area (Å²) in [6.07, 6.45) is -0.940. The summed E-state index contributed by atoms with van der Waals surface area (Å²) < 4.78 is 33.8. The molecule has 0 atom stereocenters. The number of hydrogen-bond donors (Lipinski definition) is 1. The third-order valence-electron chi connectivity index (χ3n) is 4.76. The Morgan fingerprint density at radius 2 is 2.00 bits per heavy atom. The minimum atomic E-state index is -2.68. The van der Waals surface area contributed by atoms with Crippen molar-refractivity contribution in [1.82, 2.24) is 24.1 Å². The van der Waals surface area contributed by atoms with E-state index in [-0.39, 0.29) is 13.0 Å².